The number of amides is 1. The van der Waals surface area contributed by atoms with Gasteiger partial charge in [0.05, 0.1) is 30.3 Å². The van der Waals surface area contributed by atoms with E-state index in [0.29, 0.717) is 24.8 Å². The van der Waals surface area contributed by atoms with Crippen molar-refractivity contribution in [1.82, 2.24) is 4.90 Å². The topological polar surface area (TPSA) is 85.0 Å². The molecule has 0 bridgehead atoms. The van der Waals surface area contributed by atoms with E-state index in [1.807, 2.05) is 0 Å². The number of nitrogens with zero attached hydrogens (tertiary/aromatic N) is 1. The fourth-order valence-electron chi connectivity index (χ4n) is 4.87. The summed E-state index contributed by atoms with van der Waals surface area (Å²) in [4.78, 5) is 13.7. The normalized spacial score (nSPS) is 44.7. The predicted octanol–water partition coefficient (Wildman–Crippen LogP) is 0.811. The first kappa shape index (κ1) is 18.2. The third-order valence-corrected chi connectivity index (χ3v) is 7.10. The number of carbonyl (C=O) groups excluding carboxylic acids is 1. The van der Waals surface area contributed by atoms with Crippen LogP contribution in [0.3, 0.4) is 0 Å². The second-order valence-corrected chi connectivity index (χ2v) is 8.67. The van der Waals surface area contributed by atoms with Crippen molar-refractivity contribution in [3.05, 3.63) is 0 Å². The van der Waals surface area contributed by atoms with Crippen LogP contribution >= 0.6 is 0 Å². The maximum atomic E-state index is 12.1. The average Bonchev–Trinajstić information content (AvgIpc) is 3.05. The molecule has 3 aliphatic rings. The molecule has 0 radical (unpaired) electrons. The summed E-state index contributed by atoms with van der Waals surface area (Å²) in [6.07, 6.45) is 1.01. The number of carbonyl (C=O) groups is 1. The Balaban J connectivity index is 1.77. The van der Waals surface area contributed by atoms with Crippen molar-refractivity contribution in [3.63, 3.8) is 0 Å². The number of β-amino-alcohol motifs (C(OH)–C–C–N with tert-alkyl or cyclic N) is 1. The minimum absolute atomic E-state index is 0.0492. The smallest absolute Gasteiger partial charge is 0.404 e. The molecule has 136 valence electrons. The highest BCUT2D eigenvalue weighted by molar-refractivity contribution is 6.48. The molecule has 1 aliphatic carbocycles. The van der Waals surface area contributed by atoms with Crippen molar-refractivity contribution in [2.45, 2.75) is 71.2 Å². The molecule has 6 nitrogen and oxygen atoms in total. The Morgan fingerprint density at radius 3 is 2.54 bits per heavy atom. The number of nitrogens with two attached hydrogens (primary N) is 1. The molecule has 2 saturated heterocycles. The summed E-state index contributed by atoms with van der Waals surface area (Å²) in [6, 6.07) is 0. The Hall–Kier alpha value is -0.625. The third-order valence-electron chi connectivity index (χ3n) is 7.10. The minimum Gasteiger partial charge on any atom is -0.404 e. The standard InChI is InChI=1S/C17H31BN2O4/c1-10-6-13(16(10,3)4)17(5)11(2)23-18(24-17)14-7-12(21)9-20(14)15(22)8-19/h10-14,21H,6-9,19H2,1-5H3/t10-,11?,12?,13?,14?,17?/m1/s1. The lowest BCUT2D eigenvalue weighted by Gasteiger charge is -2.58. The summed E-state index contributed by atoms with van der Waals surface area (Å²) in [5.41, 5.74) is 5.36. The van der Waals surface area contributed by atoms with E-state index in [0.717, 1.165) is 6.42 Å². The van der Waals surface area contributed by atoms with E-state index < -0.39 is 13.2 Å². The Bertz CT molecular complexity index is 517. The molecule has 3 N–H and O–H groups in total. The second kappa shape index (κ2) is 5.97. The van der Waals surface area contributed by atoms with Gasteiger partial charge in [0.2, 0.25) is 5.91 Å². The van der Waals surface area contributed by atoms with Gasteiger partial charge in [0.15, 0.2) is 0 Å². The Labute approximate surface area is 145 Å². The van der Waals surface area contributed by atoms with E-state index in [2.05, 4.69) is 34.6 Å². The molecule has 0 aromatic heterocycles. The molecule has 2 heterocycles. The van der Waals surface area contributed by atoms with Gasteiger partial charge in [-0.15, -0.1) is 0 Å². The van der Waals surface area contributed by atoms with Gasteiger partial charge in [0.25, 0.3) is 0 Å². The van der Waals surface area contributed by atoms with Gasteiger partial charge in [-0.25, -0.2) is 0 Å². The summed E-state index contributed by atoms with van der Waals surface area (Å²) in [6.45, 7) is 11.3. The lowest BCUT2D eigenvalue weighted by atomic mass is 9.50. The minimum atomic E-state index is -0.542. The van der Waals surface area contributed by atoms with E-state index in [1.165, 1.54) is 0 Å². The molecule has 1 amide bonds. The van der Waals surface area contributed by atoms with Crippen molar-refractivity contribution < 1.29 is 19.2 Å². The zero-order valence-corrected chi connectivity index (χ0v) is 15.5. The van der Waals surface area contributed by atoms with Crippen molar-refractivity contribution in [1.29, 1.82) is 0 Å². The number of hydrogen-bond donors (Lipinski definition) is 2. The highest BCUT2D eigenvalue weighted by Gasteiger charge is 2.62. The van der Waals surface area contributed by atoms with Crippen molar-refractivity contribution in [2.24, 2.45) is 23.0 Å². The summed E-state index contributed by atoms with van der Waals surface area (Å²) in [5.74, 6) is 0.659. The summed E-state index contributed by atoms with van der Waals surface area (Å²) < 4.78 is 12.6. The molecule has 2 aliphatic heterocycles. The number of aliphatic hydroxyl groups excluding tert-OH is 1. The number of aliphatic hydroxyl groups is 1. The Kier molecular flexibility index (Phi) is 4.52. The maximum Gasteiger partial charge on any atom is 0.482 e. The molecule has 3 rings (SSSR count). The summed E-state index contributed by atoms with van der Waals surface area (Å²) >= 11 is 0. The average molecular weight is 338 g/mol. The zero-order chi connectivity index (χ0) is 17.9. The first-order chi connectivity index (χ1) is 11.1. The molecule has 0 aromatic rings. The first-order valence-corrected chi connectivity index (χ1v) is 9.12. The van der Waals surface area contributed by atoms with Crippen LogP contribution in [0.15, 0.2) is 0 Å². The largest absolute Gasteiger partial charge is 0.482 e. The molecule has 1 saturated carbocycles. The van der Waals surface area contributed by atoms with Crippen LogP contribution < -0.4 is 5.73 Å². The second-order valence-electron chi connectivity index (χ2n) is 8.67. The lowest BCUT2D eigenvalue weighted by molar-refractivity contribution is -0.138. The van der Waals surface area contributed by atoms with Gasteiger partial charge in [0, 0.05) is 6.54 Å². The quantitative estimate of drug-likeness (QED) is 0.744. The molecule has 24 heavy (non-hydrogen) atoms. The van der Waals surface area contributed by atoms with Gasteiger partial charge in [0.1, 0.15) is 0 Å². The van der Waals surface area contributed by atoms with Gasteiger partial charge in [-0.1, -0.05) is 20.8 Å². The predicted molar refractivity (Wildman–Crippen MR) is 92.0 cm³/mol. The number of rotatable bonds is 3. The fraction of sp³-hybridized carbons (Fsp3) is 0.941. The van der Waals surface area contributed by atoms with Crippen molar-refractivity contribution in [2.75, 3.05) is 13.1 Å². The summed E-state index contributed by atoms with van der Waals surface area (Å²) in [5, 5.41) is 10.0. The highest BCUT2D eigenvalue weighted by atomic mass is 16.7. The van der Waals surface area contributed by atoms with E-state index in [9.17, 15) is 9.90 Å². The van der Waals surface area contributed by atoms with Gasteiger partial charge in [-0.2, -0.15) is 0 Å². The van der Waals surface area contributed by atoms with Crippen LogP contribution in [-0.4, -0.2) is 59.9 Å². The SMILES string of the molecule is CC1OB(C2CC(O)CN2C(=O)CN)OC1(C)C1C[C@@H](C)C1(C)C. The molecular weight excluding hydrogens is 307 g/mol. The molecule has 6 atom stereocenters. The molecule has 0 aromatic carbocycles. The Morgan fingerprint density at radius 1 is 1.33 bits per heavy atom. The van der Waals surface area contributed by atoms with E-state index in [-0.39, 0.29) is 35.5 Å². The van der Waals surface area contributed by atoms with Crippen LogP contribution in [0.1, 0.15) is 47.5 Å². The molecular formula is C17H31BN2O4. The van der Waals surface area contributed by atoms with Crippen LogP contribution in [0.25, 0.3) is 0 Å². The van der Waals surface area contributed by atoms with Crippen LogP contribution in [0, 0.1) is 17.3 Å². The lowest BCUT2D eigenvalue weighted by Crippen LogP contribution is -2.58. The van der Waals surface area contributed by atoms with Crippen molar-refractivity contribution in [3.8, 4) is 0 Å². The first-order valence-electron chi connectivity index (χ1n) is 9.12. The molecule has 7 heteroatoms. The zero-order valence-electron chi connectivity index (χ0n) is 15.5. The van der Waals surface area contributed by atoms with Crippen molar-refractivity contribution >= 4 is 13.0 Å². The van der Waals surface area contributed by atoms with Gasteiger partial charge >= 0.3 is 7.12 Å². The van der Waals surface area contributed by atoms with E-state index in [4.69, 9.17) is 15.0 Å². The summed E-state index contributed by atoms with van der Waals surface area (Å²) in [7, 11) is -0.496. The van der Waals surface area contributed by atoms with Gasteiger partial charge in [-0.05, 0) is 43.9 Å². The van der Waals surface area contributed by atoms with E-state index >= 15 is 0 Å². The fourth-order valence-corrected chi connectivity index (χ4v) is 4.87. The molecule has 3 fully saturated rings. The van der Waals surface area contributed by atoms with Gasteiger partial charge < -0.3 is 25.0 Å². The van der Waals surface area contributed by atoms with Crippen LogP contribution in [-0.2, 0) is 14.1 Å². The van der Waals surface area contributed by atoms with Crippen LogP contribution in [0.5, 0.6) is 0 Å². The Morgan fingerprint density at radius 2 is 2.00 bits per heavy atom. The third kappa shape index (κ3) is 2.60. The number of likely N-dealkylation sites (tertiary alicyclic amines) is 1. The van der Waals surface area contributed by atoms with Crippen LogP contribution in [0.4, 0.5) is 0 Å². The van der Waals surface area contributed by atoms with E-state index in [1.54, 1.807) is 4.90 Å². The molecule has 5 unspecified atom stereocenters. The monoisotopic (exact) mass is 338 g/mol. The van der Waals surface area contributed by atoms with Crippen LogP contribution in [0.2, 0.25) is 0 Å². The highest BCUT2D eigenvalue weighted by Crippen LogP contribution is 2.59. The maximum absolute atomic E-state index is 12.1. The molecule has 0 spiro atoms. The van der Waals surface area contributed by atoms with Gasteiger partial charge in [-0.3, -0.25) is 4.79 Å². The number of hydrogen-bond acceptors (Lipinski definition) is 5.